The van der Waals surface area contributed by atoms with Crippen molar-refractivity contribution in [3.8, 4) is 16.3 Å². The van der Waals surface area contributed by atoms with Crippen LogP contribution in [0.2, 0.25) is 0 Å². The number of nitrogens with one attached hydrogen (secondary N) is 2. The highest BCUT2D eigenvalue weighted by Gasteiger charge is 2.15. The van der Waals surface area contributed by atoms with Crippen LogP contribution in [0.4, 0.5) is 10.5 Å². The van der Waals surface area contributed by atoms with Gasteiger partial charge in [-0.25, -0.2) is 9.78 Å². The Balaban J connectivity index is 1.34. The number of anilines is 1. The molecule has 0 saturated carbocycles. The maximum absolute atomic E-state index is 11.6. The number of rotatable bonds is 10. The highest BCUT2D eigenvalue weighted by Crippen LogP contribution is 2.32. The Hall–Kier alpha value is -2.80. The van der Waals surface area contributed by atoms with Crippen LogP contribution in [0.15, 0.2) is 42.5 Å². The molecule has 0 spiro atoms. The maximum atomic E-state index is 11.6. The molecule has 3 aromatic rings. The van der Waals surface area contributed by atoms with E-state index in [0.29, 0.717) is 6.54 Å². The fourth-order valence-corrected chi connectivity index (χ4v) is 4.23. The average molecular weight is 456 g/mol. The van der Waals surface area contributed by atoms with Crippen LogP contribution in [0.5, 0.6) is 5.75 Å². The average Bonchev–Trinajstić information content (AvgIpc) is 3.18. The van der Waals surface area contributed by atoms with Gasteiger partial charge in [0.1, 0.15) is 16.4 Å². The number of aromatic nitrogens is 1. The molecule has 0 bridgehead atoms. The fourth-order valence-electron chi connectivity index (χ4n) is 3.23. The summed E-state index contributed by atoms with van der Waals surface area (Å²) in [5.41, 5.74) is 2.78. The molecule has 0 atom stereocenters. The lowest BCUT2D eigenvalue weighted by Crippen LogP contribution is -2.32. The zero-order chi connectivity index (χ0) is 23.0. The Morgan fingerprint density at radius 2 is 1.72 bits per heavy atom. The van der Waals surface area contributed by atoms with Gasteiger partial charge in [0.25, 0.3) is 0 Å². The second kappa shape index (κ2) is 11.2. The smallest absolute Gasteiger partial charge is 0.407 e. The van der Waals surface area contributed by atoms with Crippen molar-refractivity contribution in [2.45, 2.75) is 52.1 Å². The number of unbranched alkanes of at least 4 members (excludes halogenated alkanes) is 3. The first-order valence-electron chi connectivity index (χ1n) is 11.1. The Bertz CT molecular complexity index is 1010. The number of thiazole rings is 1. The van der Waals surface area contributed by atoms with E-state index in [1.165, 1.54) is 0 Å². The van der Waals surface area contributed by atoms with Gasteiger partial charge < -0.3 is 20.1 Å². The SMILES string of the molecule is COc1ccc2nc(-c3ccc(NCCCCCCNC(=O)OC(C)(C)C)cc3)sc2c1. The molecule has 1 aromatic heterocycles. The molecule has 0 aliphatic heterocycles. The molecule has 0 saturated heterocycles. The van der Waals surface area contributed by atoms with Gasteiger partial charge in [-0.15, -0.1) is 11.3 Å². The second-order valence-corrected chi connectivity index (χ2v) is 9.73. The molecule has 0 aliphatic carbocycles. The summed E-state index contributed by atoms with van der Waals surface area (Å²) in [6, 6.07) is 14.4. The van der Waals surface area contributed by atoms with Gasteiger partial charge in [-0.3, -0.25) is 0 Å². The molecule has 6 nitrogen and oxygen atoms in total. The fraction of sp³-hybridized carbons (Fsp3) is 0.440. The number of hydrogen-bond donors (Lipinski definition) is 2. The lowest BCUT2D eigenvalue weighted by molar-refractivity contribution is 0.0527. The standard InChI is InChI=1S/C25H33N3O3S/c1-25(2,3)31-24(29)27-16-8-6-5-7-15-26-19-11-9-18(10-12-19)23-28-21-14-13-20(30-4)17-22(21)32-23/h9-14,17,26H,5-8,15-16H2,1-4H3,(H,27,29). The molecule has 1 heterocycles. The second-order valence-electron chi connectivity index (χ2n) is 8.70. The van der Waals surface area contributed by atoms with Crippen LogP contribution < -0.4 is 15.4 Å². The van der Waals surface area contributed by atoms with E-state index in [1.807, 2.05) is 39.0 Å². The van der Waals surface area contributed by atoms with Crippen molar-refractivity contribution in [1.29, 1.82) is 0 Å². The number of alkyl carbamates (subject to hydrolysis) is 1. The minimum absolute atomic E-state index is 0.340. The van der Waals surface area contributed by atoms with E-state index in [0.717, 1.165) is 64.5 Å². The molecule has 0 unspecified atom stereocenters. The third-order valence-electron chi connectivity index (χ3n) is 4.83. The molecule has 0 aliphatic rings. The van der Waals surface area contributed by atoms with Crippen LogP contribution in [-0.2, 0) is 4.74 Å². The number of amides is 1. The van der Waals surface area contributed by atoms with E-state index in [1.54, 1.807) is 18.4 Å². The molecule has 3 rings (SSSR count). The zero-order valence-electron chi connectivity index (χ0n) is 19.4. The van der Waals surface area contributed by atoms with E-state index in [4.69, 9.17) is 14.5 Å². The summed E-state index contributed by atoms with van der Waals surface area (Å²) >= 11 is 1.68. The predicted octanol–water partition coefficient (Wildman–Crippen LogP) is 6.47. The third kappa shape index (κ3) is 7.41. The third-order valence-corrected chi connectivity index (χ3v) is 5.90. The minimum Gasteiger partial charge on any atom is -0.497 e. The summed E-state index contributed by atoms with van der Waals surface area (Å²) < 4.78 is 11.7. The number of benzene rings is 2. The number of carbonyl (C=O) groups excluding carboxylic acids is 1. The number of hydrogen-bond acceptors (Lipinski definition) is 6. The van der Waals surface area contributed by atoms with Crippen LogP contribution in [-0.4, -0.2) is 36.9 Å². The minimum atomic E-state index is -0.448. The predicted molar refractivity (Wildman–Crippen MR) is 133 cm³/mol. The topological polar surface area (TPSA) is 72.5 Å². The van der Waals surface area contributed by atoms with Crippen LogP contribution in [0.3, 0.4) is 0 Å². The summed E-state index contributed by atoms with van der Waals surface area (Å²) in [5.74, 6) is 0.853. The van der Waals surface area contributed by atoms with Crippen LogP contribution in [0.1, 0.15) is 46.5 Å². The first-order valence-corrected chi connectivity index (χ1v) is 11.9. The molecule has 2 aromatic carbocycles. The van der Waals surface area contributed by atoms with Crippen molar-refractivity contribution in [3.63, 3.8) is 0 Å². The van der Waals surface area contributed by atoms with Gasteiger partial charge in [-0.1, -0.05) is 12.8 Å². The quantitative estimate of drug-likeness (QED) is 0.343. The first kappa shape index (κ1) is 23.9. The van der Waals surface area contributed by atoms with Gasteiger partial charge in [0.15, 0.2) is 0 Å². The number of methoxy groups -OCH3 is 1. The summed E-state index contributed by atoms with van der Waals surface area (Å²) in [6.07, 6.45) is 3.92. The summed E-state index contributed by atoms with van der Waals surface area (Å²) in [5, 5.41) is 7.29. The maximum Gasteiger partial charge on any atom is 0.407 e. The van der Waals surface area contributed by atoms with E-state index >= 15 is 0 Å². The van der Waals surface area contributed by atoms with E-state index in [9.17, 15) is 4.79 Å². The first-order chi connectivity index (χ1) is 15.3. The van der Waals surface area contributed by atoms with Crippen molar-refractivity contribution in [2.24, 2.45) is 0 Å². The highest BCUT2D eigenvalue weighted by atomic mass is 32.1. The molecule has 172 valence electrons. The van der Waals surface area contributed by atoms with Crippen molar-refractivity contribution in [1.82, 2.24) is 10.3 Å². The molecular weight excluding hydrogens is 422 g/mol. The highest BCUT2D eigenvalue weighted by molar-refractivity contribution is 7.21. The number of ether oxygens (including phenoxy) is 2. The zero-order valence-corrected chi connectivity index (χ0v) is 20.2. The van der Waals surface area contributed by atoms with Crippen molar-refractivity contribution < 1.29 is 14.3 Å². The van der Waals surface area contributed by atoms with Crippen molar-refractivity contribution in [3.05, 3.63) is 42.5 Å². The van der Waals surface area contributed by atoms with Gasteiger partial charge >= 0.3 is 6.09 Å². The Morgan fingerprint density at radius 1 is 1.00 bits per heavy atom. The largest absolute Gasteiger partial charge is 0.497 e. The van der Waals surface area contributed by atoms with E-state index < -0.39 is 5.60 Å². The van der Waals surface area contributed by atoms with Crippen LogP contribution in [0.25, 0.3) is 20.8 Å². The van der Waals surface area contributed by atoms with Crippen LogP contribution in [0, 0.1) is 0 Å². The summed E-state index contributed by atoms with van der Waals surface area (Å²) in [4.78, 5) is 16.3. The normalized spacial score (nSPS) is 11.4. The van der Waals surface area contributed by atoms with Crippen molar-refractivity contribution in [2.75, 3.05) is 25.5 Å². The molecule has 0 fully saturated rings. The van der Waals surface area contributed by atoms with Gasteiger partial charge in [0, 0.05) is 24.3 Å². The molecular formula is C25H33N3O3S. The Labute approximate surface area is 194 Å². The molecule has 7 heteroatoms. The van der Waals surface area contributed by atoms with Gasteiger partial charge in [0.05, 0.1) is 17.3 Å². The Morgan fingerprint density at radius 3 is 2.41 bits per heavy atom. The molecule has 2 N–H and O–H groups in total. The number of nitrogens with zero attached hydrogens (tertiary/aromatic N) is 1. The van der Waals surface area contributed by atoms with Crippen molar-refractivity contribution >= 4 is 33.3 Å². The van der Waals surface area contributed by atoms with Gasteiger partial charge in [-0.05, 0) is 76.1 Å². The lowest BCUT2D eigenvalue weighted by Gasteiger charge is -2.19. The summed E-state index contributed by atoms with van der Waals surface area (Å²) in [6.45, 7) is 7.19. The molecule has 1 amide bonds. The monoisotopic (exact) mass is 455 g/mol. The number of carbonyl (C=O) groups is 1. The van der Waals surface area contributed by atoms with Gasteiger partial charge in [-0.2, -0.15) is 0 Å². The lowest BCUT2D eigenvalue weighted by atomic mass is 10.2. The molecule has 32 heavy (non-hydrogen) atoms. The molecule has 0 radical (unpaired) electrons. The van der Waals surface area contributed by atoms with E-state index in [-0.39, 0.29) is 6.09 Å². The van der Waals surface area contributed by atoms with Gasteiger partial charge in [0.2, 0.25) is 0 Å². The van der Waals surface area contributed by atoms with Crippen LogP contribution >= 0.6 is 11.3 Å². The summed E-state index contributed by atoms with van der Waals surface area (Å²) in [7, 11) is 1.68. The Kier molecular flexibility index (Phi) is 8.33. The van der Waals surface area contributed by atoms with E-state index in [2.05, 4.69) is 34.9 Å². The number of fused-ring (bicyclic) bond motifs is 1.